The zero-order valence-corrected chi connectivity index (χ0v) is 13.8. The number of ether oxygens (including phenoxy) is 1. The first kappa shape index (κ1) is 16.9. The Balaban J connectivity index is 1.69. The molecule has 0 aliphatic heterocycles. The molecule has 1 aromatic carbocycles. The minimum Gasteiger partial charge on any atom is -0.389 e. The molecule has 3 atom stereocenters. The predicted molar refractivity (Wildman–Crippen MR) is 88.3 cm³/mol. The number of rotatable bonds is 6. The lowest BCUT2D eigenvalue weighted by Crippen LogP contribution is -2.30. The van der Waals surface area contributed by atoms with Crippen LogP contribution < -0.4 is 5.32 Å². The first-order valence-electron chi connectivity index (χ1n) is 7.53. The standard InChI is InChI=1S/C16H23Cl2NO2/c1-11-3-2-4-14(7-11)21-10-13(20)9-19-12-5-6-15(17)16(18)8-12/h5-6,8,11,13-14,19-20H,2-4,7,9-10H2,1H3. The molecule has 1 saturated carbocycles. The monoisotopic (exact) mass is 331 g/mol. The number of anilines is 1. The van der Waals surface area contributed by atoms with Crippen LogP contribution in [0.3, 0.4) is 0 Å². The fourth-order valence-corrected chi connectivity index (χ4v) is 2.98. The third-order valence-electron chi connectivity index (χ3n) is 3.87. The van der Waals surface area contributed by atoms with Crippen molar-refractivity contribution in [3.05, 3.63) is 28.2 Å². The molecular formula is C16H23Cl2NO2. The summed E-state index contributed by atoms with van der Waals surface area (Å²) in [5.41, 5.74) is 0.842. The number of hydrogen-bond acceptors (Lipinski definition) is 3. The molecule has 0 aromatic heterocycles. The Morgan fingerprint density at radius 1 is 1.33 bits per heavy atom. The molecule has 118 valence electrons. The summed E-state index contributed by atoms with van der Waals surface area (Å²) in [6.07, 6.45) is 4.50. The van der Waals surface area contributed by atoms with E-state index in [0.717, 1.165) is 24.4 Å². The first-order valence-corrected chi connectivity index (χ1v) is 8.28. The Bertz CT molecular complexity index is 456. The van der Waals surface area contributed by atoms with Crippen LogP contribution in [0.4, 0.5) is 5.69 Å². The highest BCUT2D eigenvalue weighted by atomic mass is 35.5. The van der Waals surface area contributed by atoms with Crippen LogP contribution in [0, 0.1) is 5.92 Å². The highest BCUT2D eigenvalue weighted by molar-refractivity contribution is 6.42. The summed E-state index contributed by atoms with van der Waals surface area (Å²) in [5.74, 6) is 0.732. The first-order chi connectivity index (χ1) is 10.0. The van der Waals surface area contributed by atoms with Gasteiger partial charge < -0.3 is 15.2 Å². The number of benzene rings is 1. The van der Waals surface area contributed by atoms with Crippen LogP contribution in [0.2, 0.25) is 10.0 Å². The molecule has 21 heavy (non-hydrogen) atoms. The largest absolute Gasteiger partial charge is 0.389 e. The molecule has 0 bridgehead atoms. The van der Waals surface area contributed by atoms with Gasteiger partial charge in [-0.25, -0.2) is 0 Å². The maximum Gasteiger partial charge on any atom is 0.0945 e. The van der Waals surface area contributed by atoms with E-state index in [1.54, 1.807) is 12.1 Å². The second-order valence-electron chi connectivity index (χ2n) is 5.89. The van der Waals surface area contributed by atoms with Gasteiger partial charge in [0.05, 0.1) is 28.9 Å². The molecule has 0 amide bonds. The zero-order valence-electron chi connectivity index (χ0n) is 12.3. The van der Waals surface area contributed by atoms with E-state index < -0.39 is 6.10 Å². The van der Waals surface area contributed by atoms with Gasteiger partial charge in [-0.1, -0.05) is 43.0 Å². The van der Waals surface area contributed by atoms with Crippen LogP contribution in [0.5, 0.6) is 0 Å². The van der Waals surface area contributed by atoms with Crippen molar-refractivity contribution in [2.24, 2.45) is 5.92 Å². The van der Waals surface area contributed by atoms with Crippen molar-refractivity contribution in [3.8, 4) is 0 Å². The number of nitrogens with one attached hydrogen (secondary N) is 1. The third kappa shape index (κ3) is 5.67. The van der Waals surface area contributed by atoms with Gasteiger partial charge in [0.2, 0.25) is 0 Å². The number of aliphatic hydroxyl groups is 1. The van der Waals surface area contributed by atoms with Gasteiger partial charge in [0.15, 0.2) is 0 Å². The fraction of sp³-hybridized carbons (Fsp3) is 0.625. The lowest BCUT2D eigenvalue weighted by molar-refractivity contribution is -0.0274. The van der Waals surface area contributed by atoms with Gasteiger partial charge in [-0.3, -0.25) is 0 Å². The van der Waals surface area contributed by atoms with Crippen molar-refractivity contribution in [1.82, 2.24) is 0 Å². The molecular weight excluding hydrogens is 309 g/mol. The van der Waals surface area contributed by atoms with E-state index in [1.165, 1.54) is 12.8 Å². The van der Waals surface area contributed by atoms with Gasteiger partial charge in [-0.05, 0) is 37.0 Å². The van der Waals surface area contributed by atoms with E-state index in [4.69, 9.17) is 27.9 Å². The predicted octanol–water partition coefficient (Wildman–Crippen LogP) is 4.36. The molecule has 1 aliphatic carbocycles. The van der Waals surface area contributed by atoms with Crippen molar-refractivity contribution in [2.75, 3.05) is 18.5 Å². The Hall–Kier alpha value is -0.480. The molecule has 1 aliphatic rings. The lowest BCUT2D eigenvalue weighted by atomic mass is 9.89. The minimum atomic E-state index is -0.531. The Morgan fingerprint density at radius 2 is 2.14 bits per heavy atom. The van der Waals surface area contributed by atoms with E-state index in [0.29, 0.717) is 29.3 Å². The van der Waals surface area contributed by atoms with Gasteiger partial charge in [0.25, 0.3) is 0 Å². The highest BCUT2D eigenvalue weighted by Crippen LogP contribution is 2.26. The van der Waals surface area contributed by atoms with Gasteiger partial charge in [-0.15, -0.1) is 0 Å². The van der Waals surface area contributed by atoms with Crippen molar-refractivity contribution in [3.63, 3.8) is 0 Å². The topological polar surface area (TPSA) is 41.5 Å². The molecule has 1 aromatic rings. The maximum atomic E-state index is 9.98. The summed E-state index contributed by atoms with van der Waals surface area (Å²) in [6, 6.07) is 5.32. The molecule has 0 saturated heterocycles. The van der Waals surface area contributed by atoms with Crippen LogP contribution in [-0.4, -0.2) is 30.5 Å². The number of hydrogen-bond donors (Lipinski definition) is 2. The maximum absolute atomic E-state index is 9.98. The van der Waals surface area contributed by atoms with E-state index in [9.17, 15) is 5.11 Å². The second kappa shape index (κ2) is 8.23. The van der Waals surface area contributed by atoms with Crippen molar-refractivity contribution < 1.29 is 9.84 Å². The highest BCUT2D eigenvalue weighted by Gasteiger charge is 2.20. The SMILES string of the molecule is CC1CCCC(OCC(O)CNc2ccc(Cl)c(Cl)c2)C1. The average molecular weight is 332 g/mol. The van der Waals surface area contributed by atoms with Crippen molar-refractivity contribution in [1.29, 1.82) is 0 Å². The van der Waals surface area contributed by atoms with Crippen LogP contribution in [-0.2, 0) is 4.74 Å². The van der Waals surface area contributed by atoms with E-state index in [2.05, 4.69) is 12.2 Å². The van der Waals surface area contributed by atoms with Crippen LogP contribution in [0.25, 0.3) is 0 Å². The van der Waals surface area contributed by atoms with Gasteiger partial charge in [0.1, 0.15) is 0 Å². The normalized spacial score (nSPS) is 23.8. The number of halogens is 2. The lowest BCUT2D eigenvalue weighted by Gasteiger charge is -2.27. The Labute approximate surface area is 136 Å². The summed E-state index contributed by atoms with van der Waals surface area (Å²) in [4.78, 5) is 0. The van der Waals surface area contributed by atoms with Gasteiger partial charge in [0, 0.05) is 12.2 Å². The molecule has 3 nitrogen and oxygen atoms in total. The molecule has 0 heterocycles. The molecule has 1 fully saturated rings. The number of aliphatic hydroxyl groups excluding tert-OH is 1. The second-order valence-corrected chi connectivity index (χ2v) is 6.71. The molecule has 2 rings (SSSR count). The summed E-state index contributed by atoms with van der Waals surface area (Å²) in [5, 5.41) is 14.1. The van der Waals surface area contributed by atoms with Crippen molar-refractivity contribution >= 4 is 28.9 Å². The summed E-state index contributed by atoms with van der Waals surface area (Å²) < 4.78 is 5.81. The van der Waals surface area contributed by atoms with Gasteiger partial charge in [-0.2, -0.15) is 0 Å². The molecule has 3 unspecified atom stereocenters. The average Bonchev–Trinajstić information content (AvgIpc) is 2.46. The quantitative estimate of drug-likeness (QED) is 0.813. The summed E-state index contributed by atoms with van der Waals surface area (Å²) in [7, 11) is 0. The Kier molecular flexibility index (Phi) is 6.62. The summed E-state index contributed by atoms with van der Waals surface area (Å²) >= 11 is 11.8. The molecule has 5 heteroatoms. The Morgan fingerprint density at radius 3 is 2.86 bits per heavy atom. The molecule has 0 spiro atoms. The van der Waals surface area contributed by atoms with Crippen molar-refractivity contribution in [2.45, 2.75) is 44.8 Å². The van der Waals surface area contributed by atoms with E-state index >= 15 is 0 Å². The fourth-order valence-electron chi connectivity index (χ4n) is 2.68. The van der Waals surface area contributed by atoms with Crippen LogP contribution in [0.1, 0.15) is 32.6 Å². The van der Waals surface area contributed by atoms with Gasteiger partial charge >= 0.3 is 0 Å². The summed E-state index contributed by atoms with van der Waals surface area (Å²) in [6.45, 7) is 3.06. The van der Waals surface area contributed by atoms with E-state index in [-0.39, 0.29) is 0 Å². The molecule has 2 N–H and O–H groups in total. The minimum absolute atomic E-state index is 0.299. The van der Waals surface area contributed by atoms with Crippen LogP contribution >= 0.6 is 23.2 Å². The third-order valence-corrected chi connectivity index (χ3v) is 4.61. The zero-order chi connectivity index (χ0) is 15.2. The van der Waals surface area contributed by atoms with E-state index in [1.807, 2.05) is 6.07 Å². The van der Waals surface area contributed by atoms with Crippen LogP contribution in [0.15, 0.2) is 18.2 Å². The smallest absolute Gasteiger partial charge is 0.0945 e. The molecule has 0 radical (unpaired) electrons.